The minimum atomic E-state index is -0.236. The molecule has 0 unspecified atom stereocenters. The highest BCUT2D eigenvalue weighted by Crippen LogP contribution is 2.25. The monoisotopic (exact) mass is 386 g/mol. The summed E-state index contributed by atoms with van der Waals surface area (Å²) in [5.41, 5.74) is 3.75. The summed E-state index contributed by atoms with van der Waals surface area (Å²) in [4.78, 5) is 25.9. The van der Waals surface area contributed by atoms with Gasteiger partial charge >= 0.3 is 0 Å². The van der Waals surface area contributed by atoms with Crippen molar-refractivity contribution in [2.24, 2.45) is 0 Å². The number of benzene rings is 3. The smallest absolute Gasteiger partial charge is 0.262 e. The molecular weight excluding hydrogens is 364 g/mol. The van der Waals surface area contributed by atoms with E-state index in [0.29, 0.717) is 12.2 Å². The van der Waals surface area contributed by atoms with Crippen LogP contribution in [0.1, 0.15) is 12.8 Å². The summed E-state index contributed by atoms with van der Waals surface area (Å²) in [7, 11) is 0. The van der Waals surface area contributed by atoms with Crippen LogP contribution in [0, 0.1) is 0 Å². The Morgan fingerprint density at radius 3 is 2.41 bits per heavy atom. The van der Waals surface area contributed by atoms with E-state index in [1.54, 1.807) is 17.0 Å². The van der Waals surface area contributed by atoms with E-state index in [2.05, 4.69) is 5.32 Å². The molecule has 1 aliphatic heterocycles. The molecule has 0 aliphatic carbocycles. The van der Waals surface area contributed by atoms with E-state index in [0.717, 1.165) is 35.5 Å². The van der Waals surface area contributed by atoms with Crippen LogP contribution in [0.2, 0.25) is 0 Å². The summed E-state index contributed by atoms with van der Waals surface area (Å²) in [5, 5.41) is 2.84. The first-order chi connectivity index (χ1) is 14.2. The SMILES string of the molecule is O=C(COc1cccc(N2CCCC2=O)c1)Nc1ccc(-c2ccccc2)cc1. The highest BCUT2D eigenvalue weighted by molar-refractivity contribution is 5.95. The first kappa shape index (κ1) is 18.7. The summed E-state index contributed by atoms with van der Waals surface area (Å²) < 4.78 is 5.62. The van der Waals surface area contributed by atoms with Gasteiger partial charge in [-0.1, -0.05) is 48.5 Å². The van der Waals surface area contributed by atoms with E-state index < -0.39 is 0 Å². The van der Waals surface area contributed by atoms with E-state index in [4.69, 9.17) is 4.74 Å². The third-order valence-corrected chi connectivity index (χ3v) is 4.85. The minimum Gasteiger partial charge on any atom is -0.484 e. The molecule has 5 heteroatoms. The number of amides is 2. The molecule has 1 aliphatic rings. The van der Waals surface area contributed by atoms with Gasteiger partial charge in [-0.15, -0.1) is 0 Å². The van der Waals surface area contributed by atoms with Gasteiger partial charge in [-0.3, -0.25) is 9.59 Å². The fourth-order valence-electron chi connectivity index (χ4n) is 3.38. The molecule has 0 aromatic heterocycles. The number of carbonyl (C=O) groups excluding carboxylic acids is 2. The lowest BCUT2D eigenvalue weighted by Gasteiger charge is -2.16. The molecule has 1 N–H and O–H groups in total. The number of hydrogen-bond donors (Lipinski definition) is 1. The molecular formula is C24H22N2O3. The zero-order valence-electron chi connectivity index (χ0n) is 16.0. The van der Waals surface area contributed by atoms with Crippen LogP contribution in [0.4, 0.5) is 11.4 Å². The van der Waals surface area contributed by atoms with Gasteiger partial charge in [0.2, 0.25) is 5.91 Å². The number of hydrogen-bond acceptors (Lipinski definition) is 3. The van der Waals surface area contributed by atoms with Crippen molar-refractivity contribution in [1.82, 2.24) is 0 Å². The van der Waals surface area contributed by atoms with Crippen molar-refractivity contribution in [2.75, 3.05) is 23.4 Å². The molecule has 0 radical (unpaired) electrons. The third-order valence-electron chi connectivity index (χ3n) is 4.85. The molecule has 146 valence electrons. The van der Waals surface area contributed by atoms with Crippen LogP contribution >= 0.6 is 0 Å². The number of rotatable bonds is 6. The van der Waals surface area contributed by atoms with Crippen molar-refractivity contribution in [2.45, 2.75) is 12.8 Å². The highest BCUT2D eigenvalue weighted by atomic mass is 16.5. The molecule has 1 heterocycles. The van der Waals surface area contributed by atoms with E-state index in [9.17, 15) is 9.59 Å². The molecule has 0 saturated carbocycles. The second kappa shape index (κ2) is 8.61. The zero-order chi connectivity index (χ0) is 20.1. The Kier molecular flexibility index (Phi) is 5.56. The Hall–Kier alpha value is -3.60. The van der Waals surface area contributed by atoms with Crippen LogP contribution in [-0.4, -0.2) is 25.0 Å². The number of nitrogens with one attached hydrogen (secondary N) is 1. The maximum atomic E-state index is 12.2. The first-order valence-corrected chi connectivity index (χ1v) is 9.68. The van der Waals surface area contributed by atoms with Crippen LogP contribution < -0.4 is 15.0 Å². The molecule has 5 nitrogen and oxygen atoms in total. The molecule has 4 rings (SSSR count). The van der Waals surface area contributed by atoms with Crippen LogP contribution in [0.3, 0.4) is 0 Å². The Morgan fingerprint density at radius 2 is 1.69 bits per heavy atom. The second-order valence-corrected chi connectivity index (χ2v) is 6.93. The number of nitrogens with zero attached hydrogens (tertiary/aromatic N) is 1. The van der Waals surface area contributed by atoms with Crippen LogP contribution in [0.15, 0.2) is 78.9 Å². The standard InChI is InChI=1S/C24H22N2O3/c27-23(25-20-13-11-19(12-14-20)18-6-2-1-3-7-18)17-29-22-9-4-8-21(16-22)26-15-5-10-24(26)28/h1-4,6-9,11-14,16H,5,10,15,17H2,(H,25,27). The summed E-state index contributed by atoms with van der Waals surface area (Å²) >= 11 is 0. The highest BCUT2D eigenvalue weighted by Gasteiger charge is 2.21. The van der Waals surface area contributed by atoms with Crippen LogP contribution in [-0.2, 0) is 9.59 Å². The summed E-state index contributed by atoms with van der Waals surface area (Å²) in [6.07, 6.45) is 1.45. The lowest BCUT2D eigenvalue weighted by Crippen LogP contribution is -2.24. The predicted octanol–water partition coefficient (Wildman–Crippen LogP) is 4.50. The topological polar surface area (TPSA) is 58.6 Å². The Labute approximate surface area is 169 Å². The molecule has 3 aromatic rings. The Bertz CT molecular complexity index is 1000. The molecule has 0 spiro atoms. The van der Waals surface area contributed by atoms with Crippen molar-refractivity contribution < 1.29 is 14.3 Å². The van der Waals surface area contributed by atoms with Gasteiger partial charge in [-0.2, -0.15) is 0 Å². The Morgan fingerprint density at radius 1 is 0.931 bits per heavy atom. The van der Waals surface area contributed by atoms with Crippen molar-refractivity contribution in [3.63, 3.8) is 0 Å². The molecule has 1 fully saturated rings. The average Bonchev–Trinajstić information content (AvgIpc) is 3.20. The summed E-state index contributed by atoms with van der Waals surface area (Å²) in [5.74, 6) is 0.454. The Balaban J connectivity index is 1.33. The molecule has 0 bridgehead atoms. The van der Waals surface area contributed by atoms with Gasteiger partial charge in [0.25, 0.3) is 5.91 Å². The molecule has 29 heavy (non-hydrogen) atoms. The van der Waals surface area contributed by atoms with Gasteiger partial charge in [0.15, 0.2) is 6.61 Å². The summed E-state index contributed by atoms with van der Waals surface area (Å²) in [6, 6.07) is 25.1. The largest absolute Gasteiger partial charge is 0.484 e. The molecule has 1 saturated heterocycles. The second-order valence-electron chi connectivity index (χ2n) is 6.93. The lowest BCUT2D eigenvalue weighted by atomic mass is 10.1. The van der Waals surface area contributed by atoms with E-state index in [-0.39, 0.29) is 18.4 Å². The van der Waals surface area contributed by atoms with E-state index in [1.807, 2.05) is 66.7 Å². The van der Waals surface area contributed by atoms with Crippen LogP contribution in [0.5, 0.6) is 5.75 Å². The van der Waals surface area contributed by atoms with Gasteiger partial charge < -0.3 is 15.0 Å². The fraction of sp³-hybridized carbons (Fsp3) is 0.167. The summed E-state index contributed by atoms with van der Waals surface area (Å²) in [6.45, 7) is 0.625. The third kappa shape index (κ3) is 4.63. The van der Waals surface area contributed by atoms with Gasteiger partial charge in [0.05, 0.1) is 0 Å². The average molecular weight is 386 g/mol. The first-order valence-electron chi connectivity index (χ1n) is 9.68. The van der Waals surface area contributed by atoms with Gasteiger partial charge in [0.1, 0.15) is 5.75 Å². The van der Waals surface area contributed by atoms with Crippen LogP contribution in [0.25, 0.3) is 11.1 Å². The van der Waals surface area contributed by atoms with Gasteiger partial charge in [0, 0.05) is 30.4 Å². The molecule has 2 amide bonds. The van der Waals surface area contributed by atoms with Gasteiger partial charge in [-0.05, 0) is 41.8 Å². The van der Waals surface area contributed by atoms with Crippen molar-refractivity contribution in [1.29, 1.82) is 0 Å². The van der Waals surface area contributed by atoms with Crippen molar-refractivity contribution in [3.8, 4) is 16.9 Å². The fourth-order valence-corrected chi connectivity index (χ4v) is 3.38. The van der Waals surface area contributed by atoms with E-state index in [1.165, 1.54) is 0 Å². The quantitative estimate of drug-likeness (QED) is 0.679. The minimum absolute atomic E-state index is 0.0994. The van der Waals surface area contributed by atoms with Gasteiger partial charge in [-0.25, -0.2) is 0 Å². The van der Waals surface area contributed by atoms with E-state index >= 15 is 0 Å². The molecule has 3 aromatic carbocycles. The maximum Gasteiger partial charge on any atom is 0.262 e. The van der Waals surface area contributed by atoms with Crippen molar-refractivity contribution >= 4 is 23.2 Å². The number of anilines is 2. The predicted molar refractivity (Wildman–Crippen MR) is 114 cm³/mol. The van der Waals surface area contributed by atoms with Crippen molar-refractivity contribution in [3.05, 3.63) is 78.9 Å². The normalized spacial score (nSPS) is 13.4. The number of carbonyl (C=O) groups is 2. The zero-order valence-corrected chi connectivity index (χ0v) is 16.0. The maximum absolute atomic E-state index is 12.2. The number of ether oxygens (including phenoxy) is 1. The molecule has 0 atom stereocenters. The lowest BCUT2D eigenvalue weighted by molar-refractivity contribution is -0.118.